The van der Waals surface area contributed by atoms with Gasteiger partial charge in [0.2, 0.25) is 11.8 Å². The zero-order valence-electron chi connectivity index (χ0n) is 16.4. The molecule has 8 heteroatoms. The van der Waals surface area contributed by atoms with Gasteiger partial charge in [-0.05, 0) is 49.6 Å². The number of para-hydroxylation sites is 1. The standard InChI is InChI=1S/C22H22F4N2O2/c1-2-28(14-19(29)27-18-7-4-3-6-17(18)22(24,25)26)20(30)21(12-5-13-21)15-8-10-16(23)11-9-15/h3-4,6-11H,2,5,12-14H2,1H3,(H,27,29). The van der Waals surface area contributed by atoms with E-state index in [4.69, 9.17) is 0 Å². The summed E-state index contributed by atoms with van der Waals surface area (Å²) in [4.78, 5) is 27.0. The van der Waals surface area contributed by atoms with Crippen molar-refractivity contribution in [1.82, 2.24) is 4.90 Å². The molecule has 0 bridgehead atoms. The minimum atomic E-state index is -4.61. The lowest BCUT2D eigenvalue weighted by Crippen LogP contribution is -2.52. The second-order valence-electron chi connectivity index (χ2n) is 7.35. The number of rotatable bonds is 6. The number of alkyl halides is 3. The maximum atomic E-state index is 13.3. The molecule has 1 aliphatic carbocycles. The van der Waals surface area contributed by atoms with Crippen molar-refractivity contribution in [2.75, 3.05) is 18.4 Å². The van der Waals surface area contributed by atoms with Gasteiger partial charge in [0, 0.05) is 6.54 Å². The number of hydrogen-bond acceptors (Lipinski definition) is 2. The molecule has 0 spiro atoms. The van der Waals surface area contributed by atoms with Crippen LogP contribution in [0.5, 0.6) is 0 Å². The van der Waals surface area contributed by atoms with Crippen LogP contribution >= 0.6 is 0 Å². The molecule has 2 amide bonds. The van der Waals surface area contributed by atoms with Crippen molar-refractivity contribution in [1.29, 1.82) is 0 Å². The first-order valence-electron chi connectivity index (χ1n) is 9.69. The highest BCUT2D eigenvalue weighted by molar-refractivity contribution is 5.97. The van der Waals surface area contributed by atoms with Crippen molar-refractivity contribution in [3.8, 4) is 0 Å². The van der Waals surface area contributed by atoms with Gasteiger partial charge in [-0.15, -0.1) is 0 Å². The van der Waals surface area contributed by atoms with Crippen molar-refractivity contribution in [3.63, 3.8) is 0 Å². The number of halogens is 4. The molecule has 1 saturated carbocycles. The molecule has 0 atom stereocenters. The Labute approximate surface area is 171 Å². The third-order valence-electron chi connectivity index (χ3n) is 5.52. The molecule has 0 unspecified atom stereocenters. The normalized spacial score (nSPS) is 15.2. The predicted molar refractivity (Wildman–Crippen MR) is 104 cm³/mol. The van der Waals surface area contributed by atoms with Crippen molar-refractivity contribution >= 4 is 17.5 Å². The average Bonchev–Trinajstić information content (AvgIpc) is 2.66. The molecule has 0 aliphatic heterocycles. The van der Waals surface area contributed by atoms with Crippen LogP contribution in [0.3, 0.4) is 0 Å². The molecule has 0 aromatic heterocycles. The number of nitrogens with one attached hydrogen (secondary N) is 1. The van der Waals surface area contributed by atoms with Gasteiger partial charge >= 0.3 is 6.18 Å². The topological polar surface area (TPSA) is 49.4 Å². The minimum Gasteiger partial charge on any atom is -0.333 e. The third-order valence-corrected chi connectivity index (χ3v) is 5.52. The first-order chi connectivity index (χ1) is 14.2. The fourth-order valence-electron chi connectivity index (χ4n) is 3.76. The van der Waals surface area contributed by atoms with Crippen LogP contribution in [0.15, 0.2) is 48.5 Å². The summed E-state index contributed by atoms with van der Waals surface area (Å²) in [6.45, 7) is 1.55. The number of hydrogen-bond donors (Lipinski definition) is 1. The van der Waals surface area contributed by atoms with Gasteiger partial charge in [0.1, 0.15) is 5.82 Å². The summed E-state index contributed by atoms with van der Waals surface area (Å²) in [7, 11) is 0. The minimum absolute atomic E-state index is 0.218. The highest BCUT2D eigenvalue weighted by Crippen LogP contribution is 2.45. The van der Waals surface area contributed by atoms with Gasteiger partial charge in [-0.2, -0.15) is 13.2 Å². The molecular weight excluding hydrogens is 400 g/mol. The van der Waals surface area contributed by atoms with Gasteiger partial charge in [0.15, 0.2) is 0 Å². The predicted octanol–water partition coefficient (Wildman–Crippen LogP) is 4.75. The Balaban J connectivity index is 1.76. The summed E-state index contributed by atoms with van der Waals surface area (Å²) < 4.78 is 52.7. The molecule has 1 aliphatic rings. The maximum absolute atomic E-state index is 13.3. The second-order valence-corrected chi connectivity index (χ2v) is 7.35. The highest BCUT2D eigenvalue weighted by atomic mass is 19.4. The van der Waals surface area contributed by atoms with Crippen LogP contribution in [0.1, 0.15) is 37.3 Å². The summed E-state index contributed by atoms with van der Waals surface area (Å²) >= 11 is 0. The van der Waals surface area contributed by atoms with Crippen LogP contribution in [0.25, 0.3) is 0 Å². The smallest absolute Gasteiger partial charge is 0.333 e. The van der Waals surface area contributed by atoms with Crippen LogP contribution < -0.4 is 5.32 Å². The first kappa shape index (κ1) is 21.8. The van der Waals surface area contributed by atoms with Gasteiger partial charge in [0.05, 0.1) is 23.2 Å². The van der Waals surface area contributed by atoms with E-state index in [-0.39, 0.29) is 24.7 Å². The van der Waals surface area contributed by atoms with Gasteiger partial charge in [-0.3, -0.25) is 9.59 Å². The van der Waals surface area contributed by atoms with Gasteiger partial charge in [-0.25, -0.2) is 4.39 Å². The van der Waals surface area contributed by atoms with E-state index in [2.05, 4.69) is 5.32 Å². The van der Waals surface area contributed by atoms with Crippen LogP contribution in [0.2, 0.25) is 0 Å². The van der Waals surface area contributed by atoms with E-state index in [9.17, 15) is 27.2 Å². The van der Waals surface area contributed by atoms with Gasteiger partial charge in [0.25, 0.3) is 0 Å². The Hall–Kier alpha value is -2.90. The highest BCUT2D eigenvalue weighted by Gasteiger charge is 2.47. The van der Waals surface area contributed by atoms with Crippen molar-refractivity contribution in [2.24, 2.45) is 0 Å². The molecule has 1 fully saturated rings. The summed E-state index contributed by atoms with van der Waals surface area (Å²) in [6.07, 6.45) is -2.63. The van der Waals surface area contributed by atoms with Crippen LogP contribution in [-0.2, 0) is 21.2 Å². The van der Waals surface area contributed by atoms with Crippen LogP contribution in [-0.4, -0.2) is 29.8 Å². The SMILES string of the molecule is CCN(CC(=O)Nc1ccccc1C(F)(F)F)C(=O)C1(c2ccc(F)cc2)CCC1. The molecule has 2 aromatic carbocycles. The Bertz CT molecular complexity index is 921. The molecule has 3 rings (SSSR count). The number of benzene rings is 2. The van der Waals surface area contributed by atoms with Crippen LogP contribution in [0.4, 0.5) is 23.2 Å². The molecular formula is C22H22F4N2O2. The van der Waals surface area contributed by atoms with Crippen molar-refractivity contribution in [3.05, 3.63) is 65.5 Å². The zero-order chi connectivity index (χ0) is 21.9. The van der Waals surface area contributed by atoms with E-state index >= 15 is 0 Å². The first-order valence-corrected chi connectivity index (χ1v) is 9.69. The monoisotopic (exact) mass is 422 g/mol. The molecule has 30 heavy (non-hydrogen) atoms. The van der Waals surface area contributed by atoms with Gasteiger partial charge < -0.3 is 10.2 Å². The molecule has 1 N–H and O–H groups in total. The number of amides is 2. The summed E-state index contributed by atoms with van der Waals surface area (Å²) in [5.41, 5.74) is -1.44. The summed E-state index contributed by atoms with van der Waals surface area (Å²) in [6, 6.07) is 10.4. The van der Waals surface area contributed by atoms with Gasteiger partial charge in [-0.1, -0.05) is 30.7 Å². The summed E-state index contributed by atoms with van der Waals surface area (Å²) in [5, 5.41) is 2.27. The Morgan fingerprint density at radius 2 is 1.70 bits per heavy atom. The number of anilines is 1. The Kier molecular flexibility index (Phi) is 6.14. The van der Waals surface area contributed by atoms with E-state index in [1.165, 1.54) is 35.2 Å². The lowest BCUT2D eigenvalue weighted by Gasteiger charge is -2.43. The molecule has 160 valence electrons. The van der Waals surface area contributed by atoms with Crippen LogP contribution in [0, 0.1) is 5.82 Å². The summed E-state index contributed by atoms with van der Waals surface area (Å²) in [5.74, 6) is -1.40. The number of likely N-dealkylation sites (N-methyl/N-ethyl adjacent to an activating group) is 1. The van der Waals surface area contributed by atoms with E-state index in [1.807, 2.05) is 0 Å². The lowest BCUT2D eigenvalue weighted by molar-refractivity contribution is -0.143. The Morgan fingerprint density at radius 3 is 2.23 bits per heavy atom. The molecule has 0 radical (unpaired) electrons. The quantitative estimate of drug-likeness (QED) is 0.683. The number of nitrogens with zero attached hydrogens (tertiary/aromatic N) is 1. The van der Waals surface area contributed by atoms with Crippen molar-refractivity contribution < 1.29 is 27.2 Å². The third kappa shape index (κ3) is 4.32. The molecule has 0 heterocycles. The largest absolute Gasteiger partial charge is 0.418 e. The molecule has 0 saturated heterocycles. The van der Waals surface area contributed by atoms with Crippen molar-refractivity contribution in [2.45, 2.75) is 37.8 Å². The second kappa shape index (κ2) is 8.45. The molecule has 4 nitrogen and oxygen atoms in total. The van der Waals surface area contributed by atoms with E-state index in [0.717, 1.165) is 12.5 Å². The van der Waals surface area contributed by atoms with E-state index in [0.29, 0.717) is 18.4 Å². The van der Waals surface area contributed by atoms with E-state index < -0.39 is 28.9 Å². The zero-order valence-corrected chi connectivity index (χ0v) is 16.4. The number of carbonyl (C=O) groups is 2. The average molecular weight is 422 g/mol. The maximum Gasteiger partial charge on any atom is 0.418 e. The lowest BCUT2D eigenvalue weighted by atomic mass is 9.63. The number of carbonyl (C=O) groups excluding carboxylic acids is 2. The fourth-order valence-corrected chi connectivity index (χ4v) is 3.76. The molecule has 2 aromatic rings. The fraction of sp³-hybridized carbons (Fsp3) is 0.364. The Morgan fingerprint density at radius 1 is 1.07 bits per heavy atom. The van der Waals surface area contributed by atoms with E-state index in [1.54, 1.807) is 19.1 Å².